The van der Waals surface area contributed by atoms with Gasteiger partial charge in [-0.1, -0.05) is 29.4 Å². The van der Waals surface area contributed by atoms with Crippen LogP contribution in [0.2, 0.25) is 0 Å². The molecule has 0 amide bonds. The van der Waals surface area contributed by atoms with Crippen molar-refractivity contribution in [2.75, 3.05) is 6.61 Å². The van der Waals surface area contributed by atoms with Gasteiger partial charge in [0.25, 0.3) is 0 Å². The highest BCUT2D eigenvalue weighted by molar-refractivity contribution is 5.86. The molecule has 0 aromatic heterocycles. The number of rotatable bonds is 10. The maximum Gasteiger partial charge on any atom is 0.331 e. The quantitative estimate of drug-likeness (QED) is 0.286. The van der Waals surface area contributed by atoms with E-state index in [9.17, 15) is 20.1 Å². The summed E-state index contributed by atoms with van der Waals surface area (Å²) in [6.45, 7) is 3.97. The van der Waals surface area contributed by atoms with E-state index in [1.807, 2.05) is 26.0 Å². The van der Waals surface area contributed by atoms with Gasteiger partial charge in [-0.3, -0.25) is 0 Å². The summed E-state index contributed by atoms with van der Waals surface area (Å²) in [4.78, 5) is 11.4. The lowest BCUT2D eigenvalue weighted by molar-refractivity contribution is -0.132. The van der Waals surface area contributed by atoms with Crippen LogP contribution in [0, 0.1) is 0 Å². The first kappa shape index (κ1) is 21.5. The maximum absolute atomic E-state index is 11.4. The summed E-state index contributed by atoms with van der Waals surface area (Å²) in [6.07, 6.45) is 8.61. The summed E-state index contributed by atoms with van der Waals surface area (Å²) < 4.78 is 0. The zero-order chi connectivity index (χ0) is 19.5. The molecule has 0 bridgehead atoms. The summed E-state index contributed by atoms with van der Waals surface area (Å²) in [6, 6.07) is 4.20. The highest BCUT2D eigenvalue weighted by Crippen LogP contribution is 2.23. The predicted molar refractivity (Wildman–Crippen MR) is 102 cm³/mol. The van der Waals surface area contributed by atoms with Crippen molar-refractivity contribution < 1.29 is 25.2 Å². The van der Waals surface area contributed by atoms with Gasteiger partial charge < -0.3 is 20.4 Å². The normalized spacial score (nSPS) is 13.1. The van der Waals surface area contributed by atoms with E-state index in [0.717, 1.165) is 18.4 Å². The number of hydrogen-bond donors (Lipinski definition) is 4. The molecule has 26 heavy (non-hydrogen) atoms. The highest BCUT2D eigenvalue weighted by Gasteiger charge is 2.08. The number of aliphatic carboxylic acids is 1. The van der Waals surface area contributed by atoms with Crippen LogP contribution in [0.15, 0.2) is 53.1 Å². The Kier molecular flexibility index (Phi) is 9.23. The molecule has 1 aromatic carbocycles. The lowest BCUT2D eigenvalue weighted by atomic mass is 10.0. The molecule has 5 nitrogen and oxygen atoms in total. The summed E-state index contributed by atoms with van der Waals surface area (Å²) in [5.41, 5.74) is 2.90. The molecule has 0 spiro atoms. The van der Waals surface area contributed by atoms with Crippen molar-refractivity contribution in [1.82, 2.24) is 0 Å². The third kappa shape index (κ3) is 8.03. The van der Waals surface area contributed by atoms with Crippen LogP contribution < -0.4 is 0 Å². The second kappa shape index (κ2) is 11.2. The van der Waals surface area contributed by atoms with Crippen LogP contribution in [-0.4, -0.2) is 33.0 Å². The van der Waals surface area contributed by atoms with Crippen molar-refractivity contribution in [1.29, 1.82) is 0 Å². The fourth-order valence-electron chi connectivity index (χ4n) is 2.45. The van der Waals surface area contributed by atoms with Crippen LogP contribution in [-0.2, 0) is 11.2 Å². The van der Waals surface area contributed by atoms with Crippen molar-refractivity contribution in [3.63, 3.8) is 0 Å². The molecule has 0 aliphatic rings. The molecule has 142 valence electrons. The number of phenolic OH excluding ortho intramolecular Hbond substituents is 2. The molecule has 0 atom stereocenters. The fourth-order valence-corrected chi connectivity index (χ4v) is 2.45. The van der Waals surface area contributed by atoms with Crippen LogP contribution in [0.4, 0.5) is 0 Å². The summed E-state index contributed by atoms with van der Waals surface area (Å²) in [7, 11) is 0. The van der Waals surface area contributed by atoms with E-state index in [4.69, 9.17) is 5.11 Å². The number of carboxylic acids is 1. The van der Waals surface area contributed by atoms with Gasteiger partial charge in [0, 0.05) is 11.1 Å². The number of carbonyl (C=O) groups is 1. The Morgan fingerprint density at radius 2 is 1.65 bits per heavy atom. The van der Waals surface area contributed by atoms with E-state index in [-0.39, 0.29) is 30.1 Å². The van der Waals surface area contributed by atoms with Crippen LogP contribution in [0.3, 0.4) is 0 Å². The Bertz CT molecular complexity index is 698. The van der Waals surface area contributed by atoms with Crippen molar-refractivity contribution in [2.45, 2.75) is 46.0 Å². The van der Waals surface area contributed by atoms with Gasteiger partial charge in [0.1, 0.15) is 11.5 Å². The predicted octanol–water partition coefficient (Wildman–Crippen LogP) is 4.10. The van der Waals surface area contributed by atoms with Gasteiger partial charge >= 0.3 is 5.97 Å². The third-order valence-corrected chi connectivity index (χ3v) is 4.09. The van der Waals surface area contributed by atoms with E-state index in [0.29, 0.717) is 18.4 Å². The number of phenols is 2. The molecule has 0 fully saturated rings. The largest absolute Gasteiger partial charge is 0.508 e. The molecule has 0 saturated carbocycles. The third-order valence-electron chi connectivity index (χ3n) is 4.09. The van der Waals surface area contributed by atoms with E-state index in [2.05, 4.69) is 0 Å². The van der Waals surface area contributed by atoms with E-state index >= 15 is 0 Å². The van der Waals surface area contributed by atoms with Gasteiger partial charge in [-0.2, -0.15) is 0 Å². The van der Waals surface area contributed by atoms with Crippen molar-refractivity contribution in [2.24, 2.45) is 0 Å². The number of aliphatic hydroxyl groups excluding tert-OH is 1. The number of allylic oxidation sites excluding steroid dienone is 4. The molecule has 5 heteroatoms. The first-order valence-electron chi connectivity index (χ1n) is 8.68. The van der Waals surface area contributed by atoms with Gasteiger partial charge in [-0.05, 0) is 64.2 Å². The van der Waals surface area contributed by atoms with Crippen LogP contribution >= 0.6 is 0 Å². The minimum absolute atomic E-state index is 0.0331. The molecule has 1 aromatic rings. The molecule has 0 unspecified atom stereocenters. The molecular formula is C21H28O5. The molecule has 4 N–H and O–H groups in total. The van der Waals surface area contributed by atoms with Gasteiger partial charge in [0.05, 0.1) is 6.61 Å². The van der Waals surface area contributed by atoms with Crippen molar-refractivity contribution >= 4 is 5.97 Å². The minimum Gasteiger partial charge on any atom is -0.508 e. The Morgan fingerprint density at radius 1 is 1.00 bits per heavy atom. The fraction of sp³-hybridized carbons (Fsp3) is 0.381. The number of benzene rings is 1. The molecule has 0 radical (unpaired) electrons. The lowest BCUT2D eigenvalue weighted by Gasteiger charge is -2.05. The Hall–Kier alpha value is -2.53. The maximum atomic E-state index is 11.4. The van der Waals surface area contributed by atoms with Crippen molar-refractivity contribution in [3.05, 3.63) is 58.7 Å². The smallest absolute Gasteiger partial charge is 0.331 e. The molecule has 1 rings (SSSR count). The lowest BCUT2D eigenvalue weighted by Crippen LogP contribution is -2.01. The average molecular weight is 360 g/mol. The summed E-state index contributed by atoms with van der Waals surface area (Å²) >= 11 is 0. The number of aliphatic hydroxyl groups is 1. The summed E-state index contributed by atoms with van der Waals surface area (Å²) in [5, 5.41) is 37.5. The SMILES string of the molecule is C/C(=C\CC/C(C)=C/CC/C(=C\Cc1cc(O)ccc1O)C(=O)O)CO. The van der Waals surface area contributed by atoms with Gasteiger partial charge in [0.15, 0.2) is 0 Å². The first-order chi connectivity index (χ1) is 12.3. The topological polar surface area (TPSA) is 98.0 Å². The Balaban J connectivity index is 2.61. The van der Waals surface area contributed by atoms with Crippen molar-refractivity contribution in [3.8, 4) is 11.5 Å². The molecule has 0 aliphatic heterocycles. The number of carboxylic acid groups (broad SMARTS) is 1. The zero-order valence-electron chi connectivity index (χ0n) is 15.4. The van der Waals surface area contributed by atoms with Crippen LogP contribution in [0.5, 0.6) is 11.5 Å². The van der Waals surface area contributed by atoms with Gasteiger partial charge in [0.2, 0.25) is 0 Å². The first-order valence-corrected chi connectivity index (χ1v) is 8.68. The Labute approximate surface area is 154 Å². The van der Waals surface area contributed by atoms with E-state index in [1.165, 1.54) is 23.8 Å². The second-order valence-electron chi connectivity index (χ2n) is 6.39. The highest BCUT2D eigenvalue weighted by atomic mass is 16.4. The van der Waals surface area contributed by atoms with E-state index < -0.39 is 5.97 Å². The molecule has 0 saturated heterocycles. The number of hydrogen-bond acceptors (Lipinski definition) is 4. The molecular weight excluding hydrogens is 332 g/mol. The van der Waals surface area contributed by atoms with Gasteiger partial charge in [-0.15, -0.1) is 0 Å². The van der Waals surface area contributed by atoms with E-state index in [1.54, 1.807) is 6.08 Å². The van der Waals surface area contributed by atoms with Gasteiger partial charge in [-0.25, -0.2) is 4.79 Å². The zero-order valence-corrected chi connectivity index (χ0v) is 15.4. The van der Waals surface area contributed by atoms with Crippen LogP contribution in [0.1, 0.15) is 45.1 Å². The average Bonchev–Trinajstić information content (AvgIpc) is 2.60. The number of aromatic hydroxyl groups is 2. The summed E-state index contributed by atoms with van der Waals surface area (Å²) in [5.74, 6) is -0.907. The monoisotopic (exact) mass is 360 g/mol. The molecule has 0 heterocycles. The van der Waals surface area contributed by atoms with Crippen LogP contribution in [0.25, 0.3) is 0 Å². The minimum atomic E-state index is -0.975. The molecule has 0 aliphatic carbocycles. The second-order valence-corrected chi connectivity index (χ2v) is 6.39. The Morgan fingerprint density at radius 3 is 2.31 bits per heavy atom. The standard InChI is InChI=1S/C21H28O5/c1-15(5-3-7-16(2)14-22)6-4-8-17(21(25)26)9-10-18-13-19(23)11-12-20(18)24/h6-7,9,11-13,22-24H,3-5,8,10,14H2,1-2H3,(H,25,26)/b15-6+,16-7+,17-9+.